The average molecular weight is 359 g/mol. The molecule has 134 valence electrons. The molecule has 5 rings (SSSR count). The molecule has 1 aliphatic rings. The Kier molecular flexibility index (Phi) is 3.57. The third kappa shape index (κ3) is 2.99. The molecule has 0 spiro atoms. The smallest absolute Gasteiger partial charge is 0.232 e. The zero-order valence-corrected chi connectivity index (χ0v) is 14.4. The Hall–Kier alpha value is -3.74. The van der Waals surface area contributed by atoms with Gasteiger partial charge in [-0.25, -0.2) is 0 Å². The molecule has 0 unspecified atom stereocenters. The predicted molar refractivity (Wildman–Crippen MR) is 101 cm³/mol. The van der Waals surface area contributed by atoms with Gasteiger partial charge in [0.05, 0.1) is 17.9 Å². The number of rotatable bonds is 3. The van der Waals surface area contributed by atoms with E-state index in [0.29, 0.717) is 19.0 Å². The SMILES string of the molecule is Oc1cc(Nc2ccc3c(c2)OCc2cc(-c4ccccc4)nn2C3)[nH]n1. The van der Waals surface area contributed by atoms with Gasteiger partial charge in [0.2, 0.25) is 5.88 Å². The molecule has 0 bridgehead atoms. The van der Waals surface area contributed by atoms with E-state index < -0.39 is 0 Å². The molecule has 3 N–H and O–H groups in total. The second-order valence-corrected chi connectivity index (χ2v) is 6.42. The Balaban J connectivity index is 1.41. The van der Waals surface area contributed by atoms with Gasteiger partial charge in [0.15, 0.2) is 0 Å². The molecule has 0 amide bonds. The predicted octanol–water partition coefficient (Wildman–Crippen LogP) is 3.66. The molecule has 0 saturated carbocycles. The molecule has 4 aromatic rings. The van der Waals surface area contributed by atoms with Gasteiger partial charge in [0, 0.05) is 28.9 Å². The molecule has 0 atom stereocenters. The van der Waals surface area contributed by atoms with Crippen LogP contribution in [0.25, 0.3) is 11.3 Å². The lowest BCUT2D eigenvalue weighted by molar-refractivity contribution is 0.302. The second kappa shape index (κ2) is 6.21. The van der Waals surface area contributed by atoms with E-state index in [9.17, 15) is 5.11 Å². The molecule has 0 saturated heterocycles. The normalized spacial score (nSPS) is 12.6. The Morgan fingerprint density at radius 3 is 2.78 bits per heavy atom. The zero-order chi connectivity index (χ0) is 18.2. The van der Waals surface area contributed by atoms with Crippen molar-refractivity contribution < 1.29 is 9.84 Å². The lowest BCUT2D eigenvalue weighted by Gasteiger charge is -2.10. The highest BCUT2D eigenvalue weighted by Crippen LogP contribution is 2.31. The molecule has 27 heavy (non-hydrogen) atoms. The molecule has 0 radical (unpaired) electrons. The number of H-pyrrole nitrogens is 1. The number of ether oxygens (including phenoxy) is 1. The van der Waals surface area contributed by atoms with Crippen LogP contribution in [-0.4, -0.2) is 25.1 Å². The molecule has 7 heteroatoms. The Bertz CT molecular complexity index is 1100. The van der Waals surface area contributed by atoms with Crippen molar-refractivity contribution in [2.45, 2.75) is 13.2 Å². The fourth-order valence-electron chi connectivity index (χ4n) is 3.20. The lowest BCUT2D eigenvalue weighted by atomic mass is 10.1. The number of nitrogens with zero attached hydrogens (tertiary/aromatic N) is 3. The minimum Gasteiger partial charge on any atom is -0.492 e. The molecular formula is C20H17N5O2. The van der Waals surface area contributed by atoms with Gasteiger partial charge in [-0.1, -0.05) is 36.4 Å². The highest BCUT2D eigenvalue weighted by Gasteiger charge is 2.17. The Labute approximate surface area is 155 Å². The fourth-order valence-corrected chi connectivity index (χ4v) is 3.20. The van der Waals surface area contributed by atoms with Crippen molar-refractivity contribution >= 4 is 11.5 Å². The summed E-state index contributed by atoms with van der Waals surface area (Å²) >= 11 is 0. The number of nitrogens with one attached hydrogen (secondary N) is 2. The zero-order valence-electron chi connectivity index (χ0n) is 14.4. The van der Waals surface area contributed by atoms with Crippen LogP contribution in [0.5, 0.6) is 11.6 Å². The average Bonchev–Trinajstić information content (AvgIpc) is 3.24. The molecule has 0 aliphatic carbocycles. The minimum atomic E-state index is -0.0526. The number of hydrogen-bond donors (Lipinski definition) is 3. The van der Waals surface area contributed by atoms with Crippen molar-refractivity contribution in [2.24, 2.45) is 0 Å². The number of anilines is 2. The number of hydrogen-bond acceptors (Lipinski definition) is 5. The first-order valence-electron chi connectivity index (χ1n) is 8.64. The summed E-state index contributed by atoms with van der Waals surface area (Å²) in [5, 5.41) is 23.6. The van der Waals surface area contributed by atoms with Crippen molar-refractivity contribution in [1.29, 1.82) is 0 Å². The third-order valence-corrected chi connectivity index (χ3v) is 4.54. The van der Waals surface area contributed by atoms with Gasteiger partial charge in [-0.3, -0.25) is 9.78 Å². The quantitative estimate of drug-likeness (QED) is 0.519. The van der Waals surface area contributed by atoms with Crippen molar-refractivity contribution in [3.8, 4) is 22.9 Å². The van der Waals surface area contributed by atoms with E-state index in [0.717, 1.165) is 34.0 Å². The van der Waals surface area contributed by atoms with Gasteiger partial charge in [0.25, 0.3) is 0 Å². The molecule has 1 aliphatic heterocycles. The fraction of sp³-hybridized carbons (Fsp3) is 0.100. The monoisotopic (exact) mass is 359 g/mol. The van der Waals surface area contributed by atoms with Crippen LogP contribution in [0.3, 0.4) is 0 Å². The van der Waals surface area contributed by atoms with Gasteiger partial charge in [-0.05, 0) is 12.1 Å². The van der Waals surface area contributed by atoms with Gasteiger partial charge in [-0.2, -0.15) is 5.10 Å². The van der Waals surface area contributed by atoms with Gasteiger partial charge >= 0.3 is 0 Å². The van der Waals surface area contributed by atoms with Crippen LogP contribution >= 0.6 is 0 Å². The van der Waals surface area contributed by atoms with E-state index in [1.165, 1.54) is 6.07 Å². The van der Waals surface area contributed by atoms with Gasteiger partial charge in [0.1, 0.15) is 18.2 Å². The molecular weight excluding hydrogens is 342 g/mol. The standard InChI is InChI=1S/C20H17N5O2/c26-20-10-19(22-23-20)21-15-7-6-14-11-25-16(12-27-18(14)8-15)9-17(24-25)13-4-2-1-3-5-13/h1-10H,11-12H2,(H3,21,22,23,26). The maximum atomic E-state index is 9.32. The van der Waals surface area contributed by atoms with Crippen molar-refractivity contribution in [3.63, 3.8) is 0 Å². The van der Waals surface area contributed by atoms with Crippen molar-refractivity contribution in [3.05, 3.63) is 71.9 Å². The van der Waals surface area contributed by atoms with Crippen LogP contribution in [0.4, 0.5) is 11.5 Å². The van der Waals surface area contributed by atoms with Crippen LogP contribution in [-0.2, 0) is 13.2 Å². The largest absolute Gasteiger partial charge is 0.492 e. The summed E-state index contributed by atoms with van der Waals surface area (Å²) in [5.41, 5.74) is 5.00. The van der Waals surface area contributed by atoms with Crippen molar-refractivity contribution in [1.82, 2.24) is 20.0 Å². The number of aromatic hydroxyl groups is 1. The minimum absolute atomic E-state index is 0.0526. The summed E-state index contributed by atoms with van der Waals surface area (Å²) in [4.78, 5) is 0. The maximum absolute atomic E-state index is 9.32. The third-order valence-electron chi connectivity index (χ3n) is 4.54. The number of benzene rings is 2. The van der Waals surface area contributed by atoms with E-state index in [1.807, 2.05) is 41.1 Å². The second-order valence-electron chi connectivity index (χ2n) is 6.42. The van der Waals surface area contributed by atoms with Crippen LogP contribution in [0, 0.1) is 0 Å². The first-order valence-corrected chi connectivity index (χ1v) is 8.64. The molecule has 0 fully saturated rings. The molecule has 2 aromatic heterocycles. The topological polar surface area (TPSA) is 88.0 Å². The highest BCUT2D eigenvalue weighted by molar-refractivity contribution is 5.61. The summed E-state index contributed by atoms with van der Waals surface area (Å²) in [6.45, 7) is 1.11. The molecule has 2 aromatic carbocycles. The summed E-state index contributed by atoms with van der Waals surface area (Å²) in [6, 6.07) is 19.7. The number of fused-ring (bicyclic) bond motifs is 2. The van der Waals surface area contributed by atoms with Crippen LogP contribution in [0.15, 0.2) is 60.7 Å². The maximum Gasteiger partial charge on any atom is 0.232 e. The van der Waals surface area contributed by atoms with E-state index in [1.54, 1.807) is 0 Å². The Morgan fingerprint density at radius 1 is 1.07 bits per heavy atom. The first kappa shape index (κ1) is 15.5. The van der Waals surface area contributed by atoms with Crippen LogP contribution < -0.4 is 10.1 Å². The van der Waals surface area contributed by atoms with E-state index >= 15 is 0 Å². The van der Waals surface area contributed by atoms with E-state index in [4.69, 9.17) is 9.84 Å². The lowest BCUT2D eigenvalue weighted by Crippen LogP contribution is -2.03. The van der Waals surface area contributed by atoms with Gasteiger partial charge < -0.3 is 15.2 Å². The summed E-state index contributed by atoms with van der Waals surface area (Å²) in [5.74, 6) is 1.38. The first-order chi connectivity index (χ1) is 13.2. The molecule has 7 nitrogen and oxygen atoms in total. The number of aromatic amines is 1. The van der Waals surface area contributed by atoms with Gasteiger partial charge in [-0.15, -0.1) is 5.10 Å². The van der Waals surface area contributed by atoms with Crippen LogP contribution in [0.2, 0.25) is 0 Å². The van der Waals surface area contributed by atoms with E-state index in [2.05, 4.69) is 33.7 Å². The summed E-state index contributed by atoms with van der Waals surface area (Å²) in [7, 11) is 0. The molecule has 3 heterocycles. The highest BCUT2D eigenvalue weighted by atomic mass is 16.5. The summed E-state index contributed by atoms with van der Waals surface area (Å²) in [6.07, 6.45) is 0. The number of aromatic nitrogens is 4. The van der Waals surface area contributed by atoms with Crippen LogP contribution in [0.1, 0.15) is 11.3 Å². The summed E-state index contributed by atoms with van der Waals surface area (Å²) < 4.78 is 8.03. The van der Waals surface area contributed by atoms with E-state index in [-0.39, 0.29) is 5.88 Å². The Morgan fingerprint density at radius 2 is 1.96 bits per heavy atom. The van der Waals surface area contributed by atoms with Crippen molar-refractivity contribution in [2.75, 3.05) is 5.32 Å².